The van der Waals surface area contributed by atoms with Crippen LogP contribution in [0.5, 0.6) is 0 Å². The Kier molecular flexibility index (Phi) is 4.47. The Hall–Kier alpha value is -2.95. The number of nitrogens with zero attached hydrogens (tertiary/aromatic N) is 2. The Morgan fingerprint density at radius 2 is 1.78 bits per heavy atom. The van der Waals surface area contributed by atoms with Crippen molar-refractivity contribution in [3.8, 4) is 11.5 Å². The predicted octanol–water partition coefficient (Wildman–Crippen LogP) is 3.33. The van der Waals surface area contributed by atoms with Gasteiger partial charge in [-0.3, -0.25) is 4.79 Å². The van der Waals surface area contributed by atoms with Crippen LogP contribution in [0.1, 0.15) is 17.0 Å². The van der Waals surface area contributed by atoms with Crippen molar-refractivity contribution in [2.24, 2.45) is 0 Å². The van der Waals surface area contributed by atoms with Gasteiger partial charge in [0, 0.05) is 5.56 Å². The van der Waals surface area contributed by atoms with Crippen LogP contribution in [0.15, 0.2) is 59.0 Å². The molecule has 1 aromatic heterocycles. The van der Waals surface area contributed by atoms with E-state index in [-0.39, 0.29) is 24.9 Å². The van der Waals surface area contributed by atoms with Crippen molar-refractivity contribution in [2.45, 2.75) is 20.0 Å². The summed E-state index contributed by atoms with van der Waals surface area (Å²) in [5, 5.41) is 7.85. The quantitative estimate of drug-likeness (QED) is 0.676. The highest BCUT2D eigenvalue weighted by Gasteiger charge is 2.11. The number of hydrogen-bond donors (Lipinski definition) is 0. The molecule has 0 saturated carbocycles. The fraction of sp³-hybridized carbons (Fsp3) is 0.167. The fourth-order valence-electron chi connectivity index (χ4n) is 2.17. The second-order valence-electron chi connectivity index (χ2n) is 5.13. The first-order valence-corrected chi connectivity index (χ1v) is 7.30. The molecule has 116 valence electrons. The summed E-state index contributed by atoms with van der Waals surface area (Å²) in [6.45, 7) is 1.94. The molecule has 0 radical (unpaired) electrons. The van der Waals surface area contributed by atoms with Crippen LogP contribution in [-0.4, -0.2) is 16.2 Å². The molecule has 5 heteroatoms. The maximum Gasteiger partial charge on any atom is 0.310 e. The highest BCUT2D eigenvalue weighted by Crippen LogP contribution is 2.17. The maximum absolute atomic E-state index is 11.9. The minimum Gasteiger partial charge on any atom is -0.455 e. The van der Waals surface area contributed by atoms with Gasteiger partial charge < -0.3 is 9.15 Å². The number of aromatic nitrogens is 2. The molecule has 0 unspecified atom stereocenters. The average molecular weight is 308 g/mol. The first-order valence-electron chi connectivity index (χ1n) is 7.30. The van der Waals surface area contributed by atoms with Crippen LogP contribution < -0.4 is 0 Å². The van der Waals surface area contributed by atoms with E-state index in [4.69, 9.17) is 9.15 Å². The number of benzene rings is 2. The highest BCUT2D eigenvalue weighted by atomic mass is 16.5. The van der Waals surface area contributed by atoms with Crippen molar-refractivity contribution in [2.75, 3.05) is 0 Å². The van der Waals surface area contributed by atoms with Crippen LogP contribution in [0, 0.1) is 6.92 Å². The molecule has 0 aliphatic carbocycles. The Labute approximate surface area is 133 Å². The first kappa shape index (κ1) is 15.0. The zero-order chi connectivity index (χ0) is 16.1. The number of rotatable bonds is 5. The molecule has 0 bridgehead atoms. The van der Waals surface area contributed by atoms with Crippen molar-refractivity contribution in [1.82, 2.24) is 10.2 Å². The summed E-state index contributed by atoms with van der Waals surface area (Å²) >= 11 is 0. The summed E-state index contributed by atoms with van der Waals surface area (Å²) in [5.41, 5.74) is 2.85. The summed E-state index contributed by atoms with van der Waals surface area (Å²) in [7, 11) is 0. The van der Waals surface area contributed by atoms with E-state index in [0.717, 1.165) is 16.7 Å². The minimum atomic E-state index is -0.321. The Morgan fingerprint density at radius 3 is 2.57 bits per heavy atom. The average Bonchev–Trinajstić information content (AvgIpc) is 3.05. The fourth-order valence-corrected chi connectivity index (χ4v) is 2.17. The summed E-state index contributed by atoms with van der Waals surface area (Å²) in [5.74, 6) is 0.372. The van der Waals surface area contributed by atoms with Crippen molar-refractivity contribution >= 4 is 5.97 Å². The first-order chi connectivity index (χ1) is 11.2. The van der Waals surface area contributed by atoms with Crippen LogP contribution in [0.3, 0.4) is 0 Å². The zero-order valence-electron chi connectivity index (χ0n) is 12.7. The molecule has 0 spiro atoms. The second kappa shape index (κ2) is 6.87. The predicted molar refractivity (Wildman–Crippen MR) is 84.4 cm³/mol. The van der Waals surface area contributed by atoms with E-state index in [9.17, 15) is 4.79 Å². The van der Waals surface area contributed by atoms with Crippen molar-refractivity contribution < 1.29 is 13.9 Å². The summed E-state index contributed by atoms with van der Waals surface area (Å²) < 4.78 is 10.7. The Bertz CT molecular complexity index is 797. The van der Waals surface area contributed by atoms with Gasteiger partial charge in [-0.2, -0.15) is 0 Å². The van der Waals surface area contributed by atoms with Crippen LogP contribution in [0.2, 0.25) is 0 Å². The molecule has 2 aromatic carbocycles. The molecule has 3 rings (SSSR count). The van der Waals surface area contributed by atoms with Crippen LogP contribution in [0.25, 0.3) is 11.5 Å². The molecule has 0 aliphatic heterocycles. The monoisotopic (exact) mass is 308 g/mol. The van der Waals surface area contributed by atoms with Gasteiger partial charge in [0.25, 0.3) is 5.89 Å². The van der Waals surface area contributed by atoms with Gasteiger partial charge in [0.05, 0.1) is 6.42 Å². The van der Waals surface area contributed by atoms with E-state index in [1.807, 2.05) is 61.5 Å². The molecular formula is C18H16N2O3. The molecule has 0 saturated heterocycles. The number of hydrogen-bond acceptors (Lipinski definition) is 5. The van der Waals surface area contributed by atoms with E-state index < -0.39 is 0 Å². The standard InChI is InChI=1S/C18H16N2O3/c1-13-7-5-6-10-15(13)11-17(21)22-12-16-19-20-18(23-16)14-8-3-2-4-9-14/h2-10H,11-12H2,1H3. The smallest absolute Gasteiger partial charge is 0.310 e. The van der Waals surface area contributed by atoms with Gasteiger partial charge in [-0.05, 0) is 30.2 Å². The highest BCUT2D eigenvalue weighted by molar-refractivity contribution is 5.73. The van der Waals surface area contributed by atoms with Gasteiger partial charge in [-0.25, -0.2) is 0 Å². The van der Waals surface area contributed by atoms with Gasteiger partial charge >= 0.3 is 5.97 Å². The van der Waals surface area contributed by atoms with Crippen molar-refractivity contribution in [3.63, 3.8) is 0 Å². The largest absolute Gasteiger partial charge is 0.455 e. The lowest BCUT2D eigenvalue weighted by Crippen LogP contribution is -2.09. The zero-order valence-corrected chi connectivity index (χ0v) is 12.7. The number of carbonyl (C=O) groups excluding carboxylic acids is 1. The second-order valence-corrected chi connectivity index (χ2v) is 5.13. The third-order valence-corrected chi connectivity index (χ3v) is 3.44. The van der Waals surface area contributed by atoms with Crippen LogP contribution in [0.4, 0.5) is 0 Å². The van der Waals surface area contributed by atoms with Crippen molar-refractivity contribution in [3.05, 3.63) is 71.6 Å². The van der Waals surface area contributed by atoms with Crippen LogP contribution in [-0.2, 0) is 22.6 Å². The van der Waals surface area contributed by atoms with Gasteiger partial charge in [0.15, 0.2) is 6.61 Å². The molecular weight excluding hydrogens is 292 g/mol. The molecule has 5 nitrogen and oxygen atoms in total. The van der Waals surface area contributed by atoms with E-state index in [0.29, 0.717) is 5.89 Å². The Balaban J connectivity index is 1.58. The van der Waals surface area contributed by atoms with Gasteiger partial charge in [-0.15, -0.1) is 10.2 Å². The van der Waals surface area contributed by atoms with E-state index >= 15 is 0 Å². The molecule has 1 heterocycles. The molecule has 0 atom stereocenters. The number of ether oxygens (including phenoxy) is 1. The maximum atomic E-state index is 11.9. The lowest BCUT2D eigenvalue weighted by Gasteiger charge is -2.05. The lowest BCUT2D eigenvalue weighted by atomic mass is 10.1. The number of esters is 1. The van der Waals surface area contributed by atoms with E-state index in [1.54, 1.807) is 0 Å². The van der Waals surface area contributed by atoms with Crippen LogP contribution >= 0.6 is 0 Å². The van der Waals surface area contributed by atoms with Gasteiger partial charge in [0.2, 0.25) is 5.89 Å². The number of aryl methyl sites for hydroxylation is 1. The molecule has 0 N–H and O–H groups in total. The third kappa shape index (κ3) is 3.83. The number of carbonyl (C=O) groups is 1. The Morgan fingerprint density at radius 1 is 1.04 bits per heavy atom. The molecule has 0 amide bonds. The topological polar surface area (TPSA) is 65.2 Å². The van der Waals surface area contributed by atoms with E-state index in [1.165, 1.54) is 0 Å². The lowest BCUT2D eigenvalue weighted by molar-refractivity contribution is -0.144. The van der Waals surface area contributed by atoms with Gasteiger partial charge in [0.1, 0.15) is 0 Å². The van der Waals surface area contributed by atoms with Gasteiger partial charge in [-0.1, -0.05) is 42.5 Å². The van der Waals surface area contributed by atoms with E-state index in [2.05, 4.69) is 10.2 Å². The SMILES string of the molecule is Cc1ccccc1CC(=O)OCc1nnc(-c2ccccc2)o1. The molecule has 0 aliphatic rings. The summed E-state index contributed by atoms with van der Waals surface area (Å²) in [6.07, 6.45) is 0.229. The summed E-state index contributed by atoms with van der Waals surface area (Å²) in [4.78, 5) is 11.9. The molecule has 23 heavy (non-hydrogen) atoms. The summed E-state index contributed by atoms with van der Waals surface area (Å²) in [6, 6.07) is 17.2. The normalized spacial score (nSPS) is 10.5. The van der Waals surface area contributed by atoms with Crippen molar-refractivity contribution in [1.29, 1.82) is 0 Å². The molecule has 0 fully saturated rings. The minimum absolute atomic E-state index is 0.0233. The molecule has 3 aromatic rings. The third-order valence-electron chi connectivity index (χ3n) is 3.44.